The minimum Gasteiger partial charge on any atom is -0.432 e. The molecule has 1 saturated carbocycles. The molecule has 1 aliphatic rings. The molecule has 6 heteroatoms. The number of nitrogens with two attached hydrogens (primary N) is 1. The predicted molar refractivity (Wildman–Crippen MR) is 77.3 cm³/mol. The van der Waals surface area contributed by atoms with E-state index in [2.05, 4.69) is 4.74 Å². The average molecular weight is 302 g/mol. The summed E-state index contributed by atoms with van der Waals surface area (Å²) in [6.07, 6.45) is 6.03. The van der Waals surface area contributed by atoms with Crippen molar-refractivity contribution < 1.29 is 17.9 Å². The molecule has 0 heterocycles. The van der Waals surface area contributed by atoms with Crippen LogP contribution in [0.2, 0.25) is 0 Å². The molecule has 0 unspecified atom stereocenters. The number of benzene rings is 1. The lowest BCUT2D eigenvalue weighted by Gasteiger charge is -2.29. The highest BCUT2D eigenvalue weighted by Crippen LogP contribution is 2.33. The summed E-state index contributed by atoms with van der Waals surface area (Å²) < 4.78 is 42.3. The number of rotatable bonds is 5. The second kappa shape index (κ2) is 6.91. The Hall–Kier alpha value is -1.59. The fourth-order valence-corrected chi connectivity index (χ4v) is 2.93. The van der Waals surface area contributed by atoms with E-state index in [0.717, 1.165) is 25.5 Å². The van der Waals surface area contributed by atoms with Crippen LogP contribution in [0.25, 0.3) is 0 Å². The van der Waals surface area contributed by atoms with Crippen LogP contribution in [0, 0.1) is 11.7 Å². The smallest absolute Gasteiger partial charge is 0.387 e. The third-order valence-corrected chi connectivity index (χ3v) is 3.97. The molecule has 0 atom stereocenters. The Morgan fingerprint density at radius 1 is 1.29 bits per heavy atom. The molecule has 1 fully saturated rings. The maximum atomic E-state index is 13.6. The van der Waals surface area contributed by atoms with Gasteiger partial charge in [-0.3, -0.25) is 0 Å². The summed E-state index contributed by atoms with van der Waals surface area (Å²) in [4.78, 5) is 1.89. The lowest BCUT2D eigenvalue weighted by molar-refractivity contribution is -0.0521. The fourth-order valence-electron chi connectivity index (χ4n) is 2.93. The Bertz CT molecular complexity index is 476. The van der Waals surface area contributed by atoms with Crippen molar-refractivity contribution in [3.8, 4) is 5.75 Å². The van der Waals surface area contributed by atoms with Crippen molar-refractivity contribution in [2.45, 2.75) is 38.7 Å². The van der Waals surface area contributed by atoms with Gasteiger partial charge in [-0.1, -0.05) is 19.3 Å². The Morgan fingerprint density at radius 2 is 1.95 bits per heavy atom. The van der Waals surface area contributed by atoms with Crippen LogP contribution in [0.4, 0.5) is 24.5 Å². The predicted octanol–water partition coefficient (Wildman–Crippen LogP) is 4.03. The Labute approximate surface area is 122 Å². The first-order valence-electron chi connectivity index (χ1n) is 7.22. The van der Waals surface area contributed by atoms with Gasteiger partial charge in [0.1, 0.15) is 0 Å². The van der Waals surface area contributed by atoms with E-state index < -0.39 is 18.2 Å². The third-order valence-electron chi connectivity index (χ3n) is 3.97. The summed E-state index contributed by atoms with van der Waals surface area (Å²) in [5, 5.41) is 0. The molecule has 0 aliphatic heterocycles. The molecule has 1 aromatic rings. The van der Waals surface area contributed by atoms with Crippen molar-refractivity contribution >= 4 is 11.4 Å². The molecule has 1 aliphatic carbocycles. The molecule has 0 aromatic heterocycles. The van der Waals surface area contributed by atoms with E-state index in [4.69, 9.17) is 5.73 Å². The van der Waals surface area contributed by atoms with Gasteiger partial charge in [-0.05, 0) is 18.8 Å². The maximum absolute atomic E-state index is 13.6. The van der Waals surface area contributed by atoms with Crippen LogP contribution in [-0.2, 0) is 0 Å². The van der Waals surface area contributed by atoms with Crippen LogP contribution in [-0.4, -0.2) is 20.2 Å². The van der Waals surface area contributed by atoms with Gasteiger partial charge in [-0.2, -0.15) is 8.78 Å². The molecule has 1 aromatic carbocycles. The number of ether oxygens (including phenoxy) is 1. The summed E-state index contributed by atoms with van der Waals surface area (Å²) in [5.41, 5.74) is 6.56. The molecule has 3 nitrogen and oxygen atoms in total. The molecule has 21 heavy (non-hydrogen) atoms. The first kappa shape index (κ1) is 15.8. The molecule has 0 radical (unpaired) electrons. The van der Waals surface area contributed by atoms with Crippen molar-refractivity contribution in [1.29, 1.82) is 0 Å². The molecule has 2 rings (SSSR count). The highest BCUT2D eigenvalue weighted by Gasteiger charge is 2.19. The van der Waals surface area contributed by atoms with Crippen LogP contribution in [0.5, 0.6) is 5.75 Å². The SMILES string of the molecule is CN(CC1CCCCC1)c1cc(OC(F)F)c(F)cc1N. The van der Waals surface area contributed by atoms with Gasteiger partial charge in [0, 0.05) is 25.7 Å². The minimum atomic E-state index is -3.06. The molecule has 2 N–H and O–H groups in total. The fraction of sp³-hybridized carbons (Fsp3) is 0.600. The van der Waals surface area contributed by atoms with Gasteiger partial charge in [0.05, 0.1) is 11.4 Å². The van der Waals surface area contributed by atoms with Crippen LogP contribution < -0.4 is 15.4 Å². The molecule has 0 amide bonds. The van der Waals surface area contributed by atoms with Crippen molar-refractivity contribution in [2.75, 3.05) is 24.2 Å². The molecule has 0 bridgehead atoms. The second-order valence-electron chi connectivity index (χ2n) is 5.60. The monoisotopic (exact) mass is 302 g/mol. The van der Waals surface area contributed by atoms with Gasteiger partial charge < -0.3 is 15.4 Å². The normalized spacial score (nSPS) is 16.2. The highest BCUT2D eigenvalue weighted by molar-refractivity contribution is 5.69. The minimum absolute atomic E-state index is 0.229. The largest absolute Gasteiger partial charge is 0.432 e. The summed E-state index contributed by atoms with van der Waals surface area (Å²) in [7, 11) is 1.84. The van der Waals surface area contributed by atoms with E-state index in [9.17, 15) is 13.2 Å². The van der Waals surface area contributed by atoms with Crippen molar-refractivity contribution in [2.24, 2.45) is 5.92 Å². The van der Waals surface area contributed by atoms with Gasteiger partial charge in [-0.15, -0.1) is 0 Å². The highest BCUT2D eigenvalue weighted by atomic mass is 19.3. The Morgan fingerprint density at radius 3 is 2.57 bits per heavy atom. The molecule has 0 saturated heterocycles. The van der Waals surface area contributed by atoms with Gasteiger partial charge in [0.15, 0.2) is 11.6 Å². The number of hydrogen-bond donors (Lipinski definition) is 1. The van der Waals surface area contributed by atoms with Crippen LogP contribution in [0.3, 0.4) is 0 Å². The van der Waals surface area contributed by atoms with E-state index in [1.54, 1.807) is 0 Å². The topological polar surface area (TPSA) is 38.5 Å². The summed E-state index contributed by atoms with van der Waals surface area (Å²) in [6, 6.07) is 2.28. The molecular weight excluding hydrogens is 281 g/mol. The van der Waals surface area contributed by atoms with E-state index in [-0.39, 0.29) is 5.69 Å². The molecule has 118 valence electrons. The van der Waals surface area contributed by atoms with Crippen LogP contribution >= 0.6 is 0 Å². The molecule has 0 spiro atoms. The number of halogens is 3. The summed E-state index contributed by atoms with van der Waals surface area (Å²) in [6.45, 7) is -2.27. The summed E-state index contributed by atoms with van der Waals surface area (Å²) in [5.74, 6) is -0.778. The quantitative estimate of drug-likeness (QED) is 0.835. The zero-order valence-electron chi connectivity index (χ0n) is 12.1. The zero-order chi connectivity index (χ0) is 15.4. The van der Waals surface area contributed by atoms with E-state index in [1.165, 1.54) is 25.3 Å². The van der Waals surface area contributed by atoms with Gasteiger partial charge in [0.25, 0.3) is 0 Å². The summed E-state index contributed by atoms with van der Waals surface area (Å²) >= 11 is 0. The van der Waals surface area contributed by atoms with Crippen LogP contribution in [0.15, 0.2) is 12.1 Å². The molecular formula is C15H21F3N2O. The van der Waals surface area contributed by atoms with Crippen molar-refractivity contribution in [3.05, 3.63) is 17.9 Å². The van der Waals surface area contributed by atoms with Crippen molar-refractivity contribution in [1.82, 2.24) is 0 Å². The number of nitrogen functional groups attached to an aromatic ring is 1. The third kappa shape index (κ3) is 4.19. The number of anilines is 2. The van der Waals surface area contributed by atoms with Gasteiger partial charge >= 0.3 is 6.61 Å². The standard InChI is InChI=1S/C15H21F3N2O/c1-20(9-10-5-3-2-4-6-10)13-8-14(21-15(17)18)11(16)7-12(13)19/h7-8,10,15H,2-6,9,19H2,1H3. The lowest BCUT2D eigenvalue weighted by Crippen LogP contribution is -2.27. The number of nitrogens with zero attached hydrogens (tertiary/aromatic N) is 1. The number of alkyl halides is 2. The maximum Gasteiger partial charge on any atom is 0.387 e. The average Bonchev–Trinajstić information content (AvgIpc) is 2.42. The Kier molecular flexibility index (Phi) is 5.20. The van der Waals surface area contributed by atoms with Crippen molar-refractivity contribution in [3.63, 3.8) is 0 Å². The van der Waals surface area contributed by atoms with Crippen LogP contribution in [0.1, 0.15) is 32.1 Å². The number of hydrogen-bond acceptors (Lipinski definition) is 3. The zero-order valence-corrected chi connectivity index (χ0v) is 12.1. The second-order valence-corrected chi connectivity index (χ2v) is 5.60. The lowest BCUT2D eigenvalue weighted by atomic mass is 9.89. The van der Waals surface area contributed by atoms with E-state index in [0.29, 0.717) is 11.6 Å². The van der Waals surface area contributed by atoms with E-state index >= 15 is 0 Å². The Balaban J connectivity index is 2.13. The van der Waals surface area contributed by atoms with E-state index in [1.807, 2.05) is 11.9 Å². The van der Waals surface area contributed by atoms with Gasteiger partial charge in [0.2, 0.25) is 0 Å². The first-order chi connectivity index (χ1) is 9.97. The first-order valence-corrected chi connectivity index (χ1v) is 7.22. The van der Waals surface area contributed by atoms with Gasteiger partial charge in [-0.25, -0.2) is 4.39 Å².